The Hall–Kier alpha value is -2.67. The molecule has 6 nitrogen and oxygen atoms in total. The van der Waals surface area contributed by atoms with E-state index in [1.54, 1.807) is 47.4 Å². The van der Waals surface area contributed by atoms with Crippen molar-refractivity contribution in [2.45, 2.75) is 26.7 Å². The third kappa shape index (κ3) is 5.94. The number of carbonyl (C=O) groups excluding carboxylic acids is 3. The van der Waals surface area contributed by atoms with E-state index in [0.29, 0.717) is 59.8 Å². The SMILES string of the molecule is CC(C)CCC(=O)N1CCN(C(=O)c2ccccc2NC(=O)c2ccccc2Br)CC1. The number of benzene rings is 2. The maximum absolute atomic E-state index is 13.2. The second kappa shape index (κ2) is 10.6. The van der Waals surface area contributed by atoms with Crippen molar-refractivity contribution in [1.29, 1.82) is 0 Å². The van der Waals surface area contributed by atoms with Crippen LogP contribution in [-0.2, 0) is 4.79 Å². The third-order valence-electron chi connectivity index (χ3n) is 5.38. The summed E-state index contributed by atoms with van der Waals surface area (Å²) in [5, 5.41) is 2.86. The number of halogens is 1. The topological polar surface area (TPSA) is 69.7 Å². The molecule has 1 N–H and O–H groups in total. The Kier molecular flexibility index (Phi) is 7.85. The molecule has 0 spiro atoms. The lowest BCUT2D eigenvalue weighted by molar-refractivity contribution is -0.132. The molecule has 3 rings (SSSR count). The number of rotatable bonds is 6. The van der Waals surface area contributed by atoms with E-state index < -0.39 is 0 Å². The fourth-order valence-electron chi connectivity index (χ4n) is 3.51. The Morgan fingerprint density at radius 3 is 2.13 bits per heavy atom. The summed E-state index contributed by atoms with van der Waals surface area (Å²) in [5.74, 6) is 0.225. The van der Waals surface area contributed by atoms with Crippen LogP contribution in [0.2, 0.25) is 0 Å². The number of anilines is 1. The molecule has 31 heavy (non-hydrogen) atoms. The Morgan fingerprint density at radius 2 is 1.48 bits per heavy atom. The maximum Gasteiger partial charge on any atom is 0.256 e. The molecule has 0 saturated carbocycles. The molecule has 2 aromatic rings. The predicted molar refractivity (Wildman–Crippen MR) is 125 cm³/mol. The van der Waals surface area contributed by atoms with E-state index in [1.807, 2.05) is 11.0 Å². The van der Waals surface area contributed by atoms with Crippen molar-refractivity contribution in [3.05, 3.63) is 64.1 Å². The highest BCUT2D eigenvalue weighted by Gasteiger charge is 2.26. The van der Waals surface area contributed by atoms with Gasteiger partial charge in [-0.15, -0.1) is 0 Å². The van der Waals surface area contributed by atoms with E-state index in [-0.39, 0.29) is 17.7 Å². The summed E-state index contributed by atoms with van der Waals surface area (Å²) in [6, 6.07) is 14.2. The molecule has 0 atom stereocenters. The van der Waals surface area contributed by atoms with Gasteiger partial charge in [-0.1, -0.05) is 38.1 Å². The van der Waals surface area contributed by atoms with Gasteiger partial charge in [0.1, 0.15) is 0 Å². The molecule has 0 aliphatic carbocycles. The first-order valence-electron chi connectivity index (χ1n) is 10.6. The molecule has 0 bridgehead atoms. The average molecular weight is 486 g/mol. The first-order chi connectivity index (χ1) is 14.9. The fourth-order valence-corrected chi connectivity index (χ4v) is 3.98. The third-order valence-corrected chi connectivity index (χ3v) is 6.07. The first kappa shape index (κ1) is 23.0. The molecular formula is C24H28BrN3O3. The molecule has 3 amide bonds. The smallest absolute Gasteiger partial charge is 0.256 e. The normalized spacial score (nSPS) is 13.9. The predicted octanol–water partition coefficient (Wildman–Crippen LogP) is 4.42. The maximum atomic E-state index is 13.2. The number of nitrogens with zero attached hydrogens (tertiary/aromatic N) is 2. The van der Waals surface area contributed by atoms with E-state index in [1.165, 1.54) is 0 Å². The number of nitrogens with one attached hydrogen (secondary N) is 1. The van der Waals surface area contributed by atoms with Gasteiger partial charge in [0, 0.05) is 37.1 Å². The monoisotopic (exact) mass is 485 g/mol. The lowest BCUT2D eigenvalue weighted by Gasteiger charge is -2.35. The van der Waals surface area contributed by atoms with Crippen LogP contribution in [0.4, 0.5) is 5.69 Å². The zero-order valence-electron chi connectivity index (χ0n) is 17.9. The van der Waals surface area contributed by atoms with Gasteiger partial charge in [-0.25, -0.2) is 0 Å². The molecule has 1 aliphatic rings. The number of hydrogen-bond donors (Lipinski definition) is 1. The summed E-state index contributed by atoms with van der Waals surface area (Å²) in [5.41, 5.74) is 1.42. The van der Waals surface area contributed by atoms with Crippen LogP contribution in [0.15, 0.2) is 53.0 Å². The molecule has 1 aliphatic heterocycles. The van der Waals surface area contributed by atoms with Crippen LogP contribution in [0.3, 0.4) is 0 Å². The van der Waals surface area contributed by atoms with E-state index in [2.05, 4.69) is 35.1 Å². The second-order valence-electron chi connectivity index (χ2n) is 8.09. The lowest BCUT2D eigenvalue weighted by atomic mass is 10.1. The van der Waals surface area contributed by atoms with E-state index >= 15 is 0 Å². The summed E-state index contributed by atoms with van der Waals surface area (Å²) < 4.78 is 0.689. The molecular weight excluding hydrogens is 458 g/mol. The van der Waals surface area contributed by atoms with Crippen LogP contribution in [0.1, 0.15) is 47.4 Å². The molecule has 0 radical (unpaired) electrons. The molecule has 1 saturated heterocycles. The van der Waals surface area contributed by atoms with Crippen LogP contribution < -0.4 is 5.32 Å². The van der Waals surface area contributed by atoms with E-state index in [4.69, 9.17) is 0 Å². The zero-order chi connectivity index (χ0) is 22.4. The highest BCUT2D eigenvalue weighted by molar-refractivity contribution is 9.10. The van der Waals surface area contributed by atoms with Gasteiger partial charge < -0.3 is 15.1 Å². The molecule has 7 heteroatoms. The summed E-state index contributed by atoms with van der Waals surface area (Å²) >= 11 is 3.39. The zero-order valence-corrected chi connectivity index (χ0v) is 19.5. The highest BCUT2D eigenvalue weighted by atomic mass is 79.9. The fraction of sp³-hybridized carbons (Fsp3) is 0.375. The quantitative estimate of drug-likeness (QED) is 0.657. The van der Waals surface area contributed by atoms with Crippen molar-refractivity contribution in [1.82, 2.24) is 9.80 Å². The minimum atomic E-state index is -0.284. The van der Waals surface area contributed by atoms with Crippen molar-refractivity contribution >= 4 is 39.3 Å². The van der Waals surface area contributed by atoms with Crippen molar-refractivity contribution in [3.8, 4) is 0 Å². The van der Waals surface area contributed by atoms with Gasteiger partial charge in [0.25, 0.3) is 11.8 Å². The number of hydrogen-bond acceptors (Lipinski definition) is 3. The standard InChI is InChI=1S/C24H28BrN3O3/c1-17(2)11-12-22(29)27-13-15-28(16-14-27)24(31)19-8-4-6-10-21(19)26-23(30)18-7-3-5-9-20(18)25/h3-10,17H,11-16H2,1-2H3,(H,26,30). The lowest BCUT2D eigenvalue weighted by Crippen LogP contribution is -2.50. The van der Waals surface area contributed by atoms with Gasteiger partial charge in [-0.2, -0.15) is 0 Å². The molecule has 2 aromatic carbocycles. The molecule has 1 fully saturated rings. The minimum absolute atomic E-state index is 0.141. The average Bonchev–Trinajstić information content (AvgIpc) is 2.77. The molecule has 1 heterocycles. The summed E-state index contributed by atoms with van der Waals surface area (Å²) in [6.45, 7) is 6.26. The first-order valence-corrected chi connectivity index (χ1v) is 11.4. The molecule has 164 valence electrons. The second-order valence-corrected chi connectivity index (χ2v) is 8.94. The van der Waals surface area contributed by atoms with Gasteiger partial charge in [0.2, 0.25) is 5.91 Å². The van der Waals surface area contributed by atoms with Crippen molar-refractivity contribution in [2.24, 2.45) is 5.92 Å². The van der Waals surface area contributed by atoms with Gasteiger partial charge in [-0.05, 0) is 52.5 Å². The number of para-hydroxylation sites is 1. The van der Waals surface area contributed by atoms with Gasteiger partial charge in [0.15, 0.2) is 0 Å². The van der Waals surface area contributed by atoms with Crippen LogP contribution in [0, 0.1) is 5.92 Å². The van der Waals surface area contributed by atoms with Crippen LogP contribution in [-0.4, -0.2) is 53.7 Å². The van der Waals surface area contributed by atoms with Gasteiger partial charge in [-0.3, -0.25) is 14.4 Å². The Morgan fingerprint density at radius 1 is 0.903 bits per heavy atom. The van der Waals surface area contributed by atoms with E-state index in [0.717, 1.165) is 6.42 Å². The Bertz CT molecular complexity index is 953. The molecule has 0 unspecified atom stereocenters. The van der Waals surface area contributed by atoms with Gasteiger partial charge in [0.05, 0.1) is 16.8 Å². The number of piperazine rings is 1. The van der Waals surface area contributed by atoms with Crippen molar-refractivity contribution < 1.29 is 14.4 Å². The van der Waals surface area contributed by atoms with Crippen molar-refractivity contribution in [2.75, 3.05) is 31.5 Å². The minimum Gasteiger partial charge on any atom is -0.339 e. The number of amides is 3. The number of carbonyl (C=O) groups is 3. The van der Waals surface area contributed by atoms with E-state index in [9.17, 15) is 14.4 Å². The van der Waals surface area contributed by atoms with Crippen molar-refractivity contribution in [3.63, 3.8) is 0 Å². The Balaban J connectivity index is 1.65. The molecule has 0 aromatic heterocycles. The van der Waals surface area contributed by atoms with Crippen LogP contribution in [0.25, 0.3) is 0 Å². The van der Waals surface area contributed by atoms with Crippen LogP contribution in [0.5, 0.6) is 0 Å². The van der Waals surface area contributed by atoms with Gasteiger partial charge >= 0.3 is 0 Å². The summed E-state index contributed by atoms with van der Waals surface area (Å²) in [4.78, 5) is 41.8. The van der Waals surface area contributed by atoms with Crippen LogP contribution >= 0.6 is 15.9 Å². The summed E-state index contributed by atoms with van der Waals surface area (Å²) in [7, 11) is 0. The Labute approximate surface area is 191 Å². The largest absolute Gasteiger partial charge is 0.339 e. The summed E-state index contributed by atoms with van der Waals surface area (Å²) in [6.07, 6.45) is 1.43. The highest BCUT2D eigenvalue weighted by Crippen LogP contribution is 2.22.